The van der Waals surface area contributed by atoms with Crippen LogP contribution in [0.25, 0.3) is 21.6 Å². The summed E-state index contributed by atoms with van der Waals surface area (Å²) in [6.45, 7) is 6.30. The number of carbonyl (C=O) groups excluding carboxylic acids is 1. The molecule has 0 aromatic carbocycles. The largest absolute Gasteiger partial charge is 0.361 e. The SMILES string of the molecule is Cc1cc(CN(C)C(=O)c2cc(-c3cccs3)nc3c2cnn3C(C)C)no1. The summed E-state index contributed by atoms with van der Waals surface area (Å²) in [6.07, 6.45) is 1.72. The number of pyridine rings is 1. The van der Waals surface area contributed by atoms with Crippen molar-refractivity contribution in [2.24, 2.45) is 0 Å². The van der Waals surface area contributed by atoms with E-state index in [-0.39, 0.29) is 11.9 Å². The molecule has 4 heterocycles. The minimum absolute atomic E-state index is 0.103. The molecule has 0 atom stereocenters. The lowest BCUT2D eigenvalue weighted by molar-refractivity contribution is 0.0784. The standard InChI is InChI=1S/C20H21N5O2S/c1-12(2)25-19-16(10-21-25)15(9-17(22-19)18-6-5-7-28-18)20(26)24(4)11-14-8-13(3)27-23-14/h5-10,12H,11H2,1-4H3. The zero-order valence-corrected chi connectivity index (χ0v) is 17.0. The summed E-state index contributed by atoms with van der Waals surface area (Å²) in [5.74, 6) is 0.620. The maximum Gasteiger partial charge on any atom is 0.254 e. The quantitative estimate of drug-likeness (QED) is 0.503. The highest BCUT2D eigenvalue weighted by atomic mass is 32.1. The van der Waals surface area contributed by atoms with Crippen molar-refractivity contribution in [2.45, 2.75) is 33.4 Å². The number of aryl methyl sites for hydroxylation is 1. The summed E-state index contributed by atoms with van der Waals surface area (Å²) in [7, 11) is 1.76. The van der Waals surface area contributed by atoms with Crippen LogP contribution in [-0.2, 0) is 6.54 Å². The summed E-state index contributed by atoms with van der Waals surface area (Å²) in [5, 5.41) is 11.2. The summed E-state index contributed by atoms with van der Waals surface area (Å²) in [5.41, 5.74) is 2.80. The van der Waals surface area contributed by atoms with E-state index in [2.05, 4.69) is 10.3 Å². The highest BCUT2D eigenvalue weighted by molar-refractivity contribution is 7.13. The van der Waals surface area contributed by atoms with Gasteiger partial charge in [0.15, 0.2) is 5.65 Å². The number of hydrogen-bond acceptors (Lipinski definition) is 6. The van der Waals surface area contributed by atoms with E-state index < -0.39 is 0 Å². The van der Waals surface area contributed by atoms with Gasteiger partial charge in [-0.25, -0.2) is 9.67 Å². The average Bonchev–Trinajstić information content (AvgIpc) is 3.40. The van der Waals surface area contributed by atoms with E-state index in [4.69, 9.17) is 9.51 Å². The van der Waals surface area contributed by atoms with Crippen LogP contribution in [0.5, 0.6) is 0 Å². The Bertz CT molecular complexity index is 1130. The molecular weight excluding hydrogens is 374 g/mol. The van der Waals surface area contributed by atoms with Gasteiger partial charge >= 0.3 is 0 Å². The third-order valence-corrected chi connectivity index (χ3v) is 5.37. The molecule has 0 fully saturated rings. The molecule has 4 aromatic rings. The molecule has 0 bridgehead atoms. The van der Waals surface area contributed by atoms with Gasteiger partial charge in [-0.05, 0) is 38.3 Å². The fraction of sp³-hybridized carbons (Fsp3) is 0.300. The van der Waals surface area contributed by atoms with Crippen LogP contribution in [0.3, 0.4) is 0 Å². The normalized spacial score (nSPS) is 11.5. The minimum atomic E-state index is -0.103. The number of rotatable bonds is 5. The molecule has 28 heavy (non-hydrogen) atoms. The first-order valence-electron chi connectivity index (χ1n) is 9.04. The van der Waals surface area contributed by atoms with Crippen LogP contribution >= 0.6 is 11.3 Å². The lowest BCUT2D eigenvalue weighted by Crippen LogP contribution is -2.26. The van der Waals surface area contributed by atoms with Gasteiger partial charge in [0.1, 0.15) is 11.5 Å². The Hall–Kier alpha value is -3.00. The molecule has 0 aliphatic carbocycles. The van der Waals surface area contributed by atoms with Crippen LogP contribution in [0.2, 0.25) is 0 Å². The first-order valence-corrected chi connectivity index (χ1v) is 9.92. The van der Waals surface area contributed by atoms with Crippen LogP contribution in [0.15, 0.2) is 40.4 Å². The number of nitrogens with zero attached hydrogens (tertiary/aromatic N) is 5. The second kappa shape index (κ2) is 7.20. The number of hydrogen-bond donors (Lipinski definition) is 0. The zero-order valence-electron chi connectivity index (χ0n) is 16.2. The summed E-state index contributed by atoms with van der Waals surface area (Å²) >= 11 is 1.60. The van der Waals surface area contributed by atoms with Crippen molar-refractivity contribution in [1.82, 2.24) is 24.8 Å². The van der Waals surface area contributed by atoms with E-state index in [1.807, 2.05) is 55.1 Å². The molecule has 7 nitrogen and oxygen atoms in total. The van der Waals surface area contributed by atoms with E-state index in [0.29, 0.717) is 12.1 Å². The predicted molar refractivity (Wildman–Crippen MR) is 108 cm³/mol. The number of aromatic nitrogens is 4. The molecule has 0 saturated heterocycles. The first-order chi connectivity index (χ1) is 13.4. The molecule has 0 aliphatic rings. The Morgan fingerprint density at radius 3 is 2.82 bits per heavy atom. The van der Waals surface area contributed by atoms with Crippen molar-refractivity contribution in [2.75, 3.05) is 7.05 Å². The van der Waals surface area contributed by atoms with Crippen LogP contribution < -0.4 is 0 Å². The number of amides is 1. The fourth-order valence-corrected chi connectivity index (χ4v) is 3.82. The lowest BCUT2D eigenvalue weighted by Gasteiger charge is -2.17. The van der Waals surface area contributed by atoms with Gasteiger partial charge < -0.3 is 9.42 Å². The first kappa shape index (κ1) is 18.4. The summed E-state index contributed by atoms with van der Waals surface area (Å²) in [6, 6.07) is 7.81. The number of thiophene rings is 1. The highest BCUT2D eigenvalue weighted by Gasteiger charge is 2.22. The van der Waals surface area contributed by atoms with Crippen LogP contribution in [-0.4, -0.2) is 37.8 Å². The van der Waals surface area contributed by atoms with E-state index >= 15 is 0 Å². The van der Waals surface area contributed by atoms with Crippen LogP contribution in [0.1, 0.15) is 41.7 Å². The van der Waals surface area contributed by atoms with Gasteiger partial charge in [0.05, 0.1) is 34.3 Å². The van der Waals surface area contributed by atoms with Crippen molar-refractivity contribution in [1.29, 1.82) is 0 Å². The number of carbonyl (C=O) groups is 1. The van der Waals surface area contributed by atoms with Gasteiger partial charge in [0.25, 0.3) is 5.91 Å². The molecular formula is C20H21N5O2S. The van der Waals surface area contributed by atoms with Gasteiger partial charge in [0.2, 0.25) is 0 Å². The van der Waals surface area contributed by atoms with Crippen molar-refractivity contribution in [3.8, 4) is 10.6 Å². The molecule has 0 N–H and O–H groups in total. The summed E-state index contributed by atoms with van der Waals surface area (Å²) in [4.78, 5) is 20.7. The maximum absolute atomic E-state index is 13.3. The smallest absolute Gasteiger partial charge is 0.254 e. The molecule has 4 aromatic heterocycles. The molecule has 0 aliphatic heterocycles. The predicted octanol–water partition coefficient (Wildman–Crippen LogP) is 4.31. The highest BCUT2D eigenvalue weighted by Crippen LogP contribution is 2.29. The maximum atomic E-state index is 13.3. The molecule has 144 valence electrons. The Morgan fingerprint density at radius 2 is 2.18 bits per heavy atom. The van der Waals surface area contributed by atoms with Gasteiger partial charge in [-0.1, -0.05) is 11.2 Å². The minimum Gasteiger partial charge on any atom is -0.361 e. The van der Waals surface area contributed by atoms with E-state index in [9.17, 15) is 4.79 Å². The van der Waals surface area contributed by atoms with Gasteiger partial charge in [-0.15, -0.1) is 11.3 Å². The molecule has 1 amide bonds. The average molecular weight is 395 g/mol. The molecule has 4 rings (SSSR count). The van der Waals surface area contributed by atoms with Crippen molar-refractivity contribution < 1.29 is 9.32 Å². The molecule has 8 heteroatoms. The van der Waals surface area contributed by atoms with Gasteiger partial charge in [-0.3, -0.25) is 4.79 Å². The third kappa shape index (κ3) is 3.31. The molecule has 0 radical (unpaired) electrons. The Kier molecular flexibility index (Phi) is 4.72. The van der Waals surface area contributed by atoms with Crippen molar-refractivity contribution >= 4 is 28.3 Å². The van der Waals surface area contributed by atoms with E-state index in [1.54, 1.807) is 29.5 Å². The molecule has 0 saturated carbocycles. The Labute approximate surface area is 166 Å². The van der Waals surface area contributed by atoms with Crippen molar-refractivity contribution in [3.63, 3.8) is 0 Å². The second-order valence-corrected chi connectivity index (χ2v) is 7.99. The van der Waals surface area contributed by atoms with Gasteiger partial charge in [-0.2, -0.15) is 5.10 Å². The lowest BCUT2D eigenvalue weighted by atomic mass is 10.1. The number of fused-ring (bicyclic) bond motifs is 1. The molecule has 0 spiro atoms. The second-order valence-electron chi connectivity index (χ2n) is 7.04. The fourth-order valence-electron chi connectivity index (χ4n) is 3.14. The monoisotopic (exact) mass is 395 g/mol. The molecule has 0 unspecified atom stereocenters. The van der Waals surface area contributed by atoms with Crippen LogP contribution in [0, 0.1) is 6.92 Å². The van der Waals surface area contributed by atoms with E-state index in [0.717, 1.165) is 33.1 Å². The third-order valence-electron chi connectivity index (χ3n) is 4.48. The Balaban J connectivity index is 1.79. The van der Waals surface area contributed by atoms with Crippen LogP contribution in [0.4, 0.5) is 0 Å². The Morgan fingerprint density at radius 1 is 1.36 bits per heavy atom. The van der Waals surface area contributed by atoms with E-state index in [1.165, 1.54) is 0 Å². The topological polar surface area (TPSA) is 77.1 Å². The zero-order chi connectivity index (χ0) is 19.8. The van der Waals surface area contributed by atoms with Crippen molar-refractivity contribution in [3.05, 3.63) is 52.9 Å². The van der Waals surface area contributed by atoms with Gasteiger partial charge in [0, 0.05) is 19.2 Å². The summed E-state index contributed by atoms with van der Waals surface area (Å²) < 4.78 is 6.96.